The van der Waals surface area contributed by atoms with Crippen LogP contribution in [0.2, 0.25) is 5.04 Å². The zero-order valence-corrected chi connectivity index (χ0v) is 30.0. The molecule has 4 aromatic rings. The van der Waals surface area contributed by atoms with Crippen LogP contribution in [0.25, 0.3) is 11.0 Å². The average Bonchev–Trinajstić information content (AvgIpc) is 3.49. The largest absolute Gasteiger partial charge is 0.463 e. The molecule has 1 aliphatic heterocycles. The van der Waals surface area contributed by atoms with Crippen molar-refractivity contribution in [3.63, 3.8) is 0 Å². The fraction of sp³-hybridized carbons (Fsp3) is 0.389. The van der Waals surface area contributed by atoms with Gasteiger partial charge < -0.3 is 28.0 Å². The Morgan fingerprint density at radius 2 is 1.51 bits per heavy atom. The topological polar surface area (TPSA) is 87.4 Å². The number of hydrogen-bond acceptors (Lipinski definition) is 7. The molecule has 1 saturated heterocycles. The van der Waals surface area contributed by atoms with Gasteiger partial charge in [0.25, 0.3) is 14.2 Å². The molecule has 3 aromatic carbocycles. The van der Waals surface area contributed by atoms with E-state index in [1.807, 2.05) is 60.7 Å². The first-order valence-electron chi connectivity index (χ1n) is 16.0. The molecular formula is C36H37ClF5NO7Si. The summed E-state index contributed by atoms with van der Waals surface area (Å²) in [6.07, 6.45) is -7.42. The molecule has 1 aliphatic rings. The minimum Gasteiger partial charge on any atom is -0.463 e. The molecule has 0 aliphatic carbocycles. The van der Waals surface area contributed by atoms with Crippen LogP contribution in [0.5, 0.6) is 0 Å². The fourth-order valence-corrected chi connectivity index (χ4v) is 11.0. The molecule has 2 heterocycles. The first kappa shape index (κ1) is 38.4. The molecule has 274 valence electrons. The maximum atomic E-state index is 16.0. The molecule has 1 fully saturated rings. The van der Waals surface area contributed by atoms with Gasteiger partial charge in [0.05, 0.1) is 39.0 Å². The molecule has 0 N–H and O–H groups in total. The molecule has 2 unspecified atom stereocenters. The van der Waals surface area contributed by atoms with Crippen LogP contribution in [0.1, 0.15) is 36.9 Å². The van der Waals surface area contributed by atoms with Crippen molar-refractivity contribution in [1.29, 1.82) is 0 Å². The quantitative estimate of drug-likeness (QED) is 0.0721. The number of amides is 1. The summed E-state index contributed by atoms with van der Waals surface area (Å²) in [6, 6.07) is 21.9. The Morgan fingerprint density at radius 1 is 0.902 bits per heavy atom. The fourth-order valence-electron chi connectivity index (χ4n) is 6.30. The van der Waals surface area contributed by atoms with Crippen LogP contribution in [0.15, 0.2) is 83.3 Å². The first-order chi connectivity index (χ1) is 24.0. The number of esters is 1. The second-order valence-corrected chi connectivity index (χ2v) is 17.7. The monoisotopic (exact) mass is 753 g/mol. The van der Waals surface area contributed by atoms with E-state index in [0.717, 1.165) is 23.5 Å². The number of fused-ring (bicyclic) bond motifs is 1. The summed E-state index contributed by atoms with van der Waals surface area (Å²) < 4.78 is 101. The third-order valence-electron chi connectivity index (χ3n) is 8.75. The number of hydrogen-bond donors (Lipinski definition) is 0. The number of halogens is 6. The van der Waals surface area contributed by atoms with E-state index in [0.29, 0.717) is 17.0 Å². The average molecular weight is 754 g/mol. The molecule has 5 rings (SSSR count). The highest BCUT2D eigenvalue weighted by molar-refractivity contribution is 6.99. The Hall–Kier alpha value is -3.82. The summed E-state index contributed by atoms with van der Waals surface area (Å²) in [5.74, 6) is -7.76. The molecule has 8 nitrogen and oxygen atoms in total. The van der Waals surface area contributed by atoms with Crippen molar-refractivity contribution in [2.45, 2.75) is 50.1 Å². The normalized spacial score (nSPS) is 17.4. The zero-order valence-electron chi connectivity index (χ0n) is 28.3. The SMILES string of the molecule is COC(=O)c1oc2ccc(C(F)(F)F)cc2c1N(CC(F)(F)C1COC(CO[Si](c2ccccc2)(c2ccccc2)C(C)(C)C)CO1)C(=O)CCl. The maximum Gasteiger partial charge on any atom is 0.416 e. The second kappa shape index (κ2) is 15.0. The molecule has 51 heavy (non-hydrogen) atoms. The van der Waals surface area contributed by atoms with Crippen LogP contribution in [0, 0.1) is 0 Å². The lowest BCUT2D eigenvalue weighted by Gasteiger charge is -2.44. The number of carbonyl (C=O) groups excluding carboxylic acids is 2. The minimum atomic E-state index is -4.83. The molecule has 2 atom stereocenters. The molecule has 1 amide bonds. The van der Waals surface area contributed by atoms with Gasteiger partial charge in [0.15, 0.2) is 0 Å². The Kier molecular flexibility index (Phi) is 11.3. The van der Waals surface area contributed by atoms with E-state index in [9.17, 15) is 22.8 Å². The lowest BCUT2D eigenvalue weighted by Crippen LogP contribution is -2.67. The number of ether oxygens (including phenoxy) is 3. The number of rotatable bonds is 11. The Bertz CT molecular complexity index is 1790. The molecular weight excluding hydrogens is 717 g/mol. The van der Waals surface area contributed by atoms with Gasteiger partial charge >= 0.3 is 12.1 Å². The van der Waals surface area contributed by atoms with Gasteiger partial charge in [-0.1, -0.05) is 81.4 Å². The van der Waals surface area contributed by atoms with Crippen molar-refractivity contribution in [1.82, 2.24) is 0 Å². The maximum absolute atomic E-state index is 16.0. The van der Waals surface area contributed by atoms with Gasteiger partial charge in [-0.15, -0.1) is 11.6 Å². The Balaban J connectivity index is 1.38. The van der Waals surface area contributed by atoms with Gasteiger partial charge in [-0.2, -0.15) is 13.2 Å². The van der Waals surface area contributed by atoms with E-state index in [1.165, 1.54) is 0 Å². The number of anilines is 1. The van der Waals surface area contributed by atoms with Crippen LogP contribution in [-0.2, 0) is 29.6 Å². The highest BCUT2D eigenvalue weighted by Crippen LogP contribution is 2.41. The van der Waals surface area contributed by atoms with Gasteiger partial charge in [0, 0.05) is 5.39 Å². The number of carbonyl (C=O) groups is 2. The number of alkyl halides is 6. The van der Waals surface area contributed by atoms with Gasteiger partial charge in [-0.05, 0) is 33.6 Å². The van der Waals surface area contributed by atoms with Crippen LogP contribution in [-0.4, -0.2) is 77.7 Å². The van der Waals surface area contributed by atoms with Crippen molar-refractivity contribution in [3.8, 4) is 0 Å². The summed E-state index contributed by atoms with van der Waals surface area (Å²) in [4.78, 5) is 26.1. The van der Waals surface area contributed by atoms with Crippen LogP contribution < -0.4 is 15.3 Å². The van der Waals surface area contributed by atoms with Gasteiger partial charge in [0.1, 0.15) is 29.4 Å². The molecule has 0 spiro atoms. The standard InChI is InChI=1S/C36H37ClF5NO7Si/c1-34(2,3)51(25-11-7-5-8-12-25,26-13-9-6-10-14-26)49-20-24-19-48-29(21-47-24)35(38,39)22-43(30(44)18-37)31-27-17-23(36(40,41)42)15-16-28(27)50-32(31)33(45)46-4/h5-17,24,29H,18-22H2,1-4H3. The Morgan fingerprint density at radius 3 is 2.00 bits per heavy atom. The summed E-state index contributed by atoms with van der Waals surface area (Å²) in [5, 5.41) is 1.28. The number of methoxy groups -OCH3 is 1. The summed E-state index contributed by atoms with van der Waals surface area (Å²) in [6.45, 7) is 4.03. The molecule has 1 aromatic heterocycles. The smallest absolute Gasteiger partial charge is 0.416 e. The molecule has 0 saturated carbocycles. The third-order valence-corrected chi connectivity index (χ3v) is 14.0. The van der Waals surface area contributed by atoms with Crippen molar-refractivity contribution < 1.29 is 54.6 Å². The molecule has 0 bridgehead atoms. The summed E-state index contributed by atoms with van der Waals surface area (Å²) in [5.41, 5.74) is -2.06. The van der Waals surface area contributed by atoms with E-state index in [4.69, 9.17) is 29.9 Å². The van der Waals surface area contributed by atoms with Crippen molar-refractivity contribution in [2.75, 3.05) is 44.3 Å². The highest BCUT2D eigenvalue weighted by atomic mass is 35.5. The predicted octanol–water partition coefficient (Wildman–Crippen LogP) is 6.81. The van der Waals surface area contributed by atoms with Gasteiger partial charge in [-0.25, -0.2) is 13.6 Å². The summed E-state index contributed by atoms with van der Waals surface area (Å²) >= 11 is 5.78. The lowest BCUT2D eigenvalue weighted by molar-refractivity contribution is -0.216. The van der Waals surface area contributed by atoms with Crippen molar-refractivity contribution >= 4 is 58.8 Å². The first-order valence-corrected chi connectivity index (χ1v) is 18.4. The lowest BCUT2D eigenvalue weighted by atomic mass is 10.1. The van der Waals surface area contributed by atoms with E-state index in [2.05, 4.69) is 25.5 Å². The van der Waals surface area contributed by atoms with E-state index < -0.39 is 85.9 Å². The third kappa shape index (κ3) is 7.85. The van der Waals surface area contributed by atoms with E-state index >= 15 is 8.78 Å². The molecule has 0 radical (unpaired) electrons. The van der Waals surface area contributed by atoms with Crippen molar-refractivity contribution in [2.24, 2.45) is 0 Å². The predicted molar refractivity (Wildman–Crippen MR) is 184 cm³/mol. The number of benzene rings is 3. The van der Waals surface area contributed by atoms with Crippen molar-refractivity contribution in [3.05, 3.63) is 90.2 Å². The van der Waals surface area contributed by atoms with Crippen LogP contribution >= 0.6 is 11.6 Å². The molecule has 15 heteroatoms. The number of nitrogens with zero attached hydrogens (tertiary/aromatic N) is 1. The van der Waals surface area contributed by atoms with Crippen LogP contribution in [0.3, 0.4) is 0 Å². The van der Waals surface area contributed by atoms with E-state index in [1.54, 1.807) is 0 Å². The second-order valence-electron chi connectivity index (χ2n) is 13.1. The van der Waals surface area contributed by atoms with Crippen LogP contribution in [0.4, 0.5) is 27.6 Å². The summed E-state index contributed by atoms with van der Waals surface area (Å²) in [7, 11) is -2.01. The van der Waals surface area contributed by atoms with Gasteiger partial charge in [-0.3, -0.25) is 4.79 Å². The zero-order chi connectivity index (χ0) is 37.2. The van der Waals surface area contributed by atoms with Gasteiger partial charge in [0.2, 0.25) is 11.7 Å². The Labute approximate surface area is 297 Å². The number of furan rings is 1. The van der Waals surface area contributed by atoms with E-state index in [-0.39, 0.29) is 23.8 Å². The highest BCUT2D eigenvalue weighted by Gasteiger charge is 2.52. The minimum absolute atomic E-state index is 0.0352.